The fourth-order valence-electron chi connectivity index (χ4n) is 3.04. The Bertz CT molecular complexity index is 577. The van der Waals surface area contributed by atoms with Gasteiger partial charge in [-0.3, -0.25) is 9.59 Å². The van der Waals surface area contributed by atoms with Gasteiger partial charge < -0.3 is 16.4 Å². The molecule has 0 aromatic heterocycles. The molecule has 0 bridgehead atoms. The summed E-state index contributed by atoms with van der Waals surface area (Å²) in [5, 5.41) is 5.98. The summed E-state index contributed by atoms with van der Waals surface area (Å²) in [5.74, 6) is 0.569. The van der Waals surface area contributed by atoms with Crippen molar-refractivity contribution in [3.05, 3.63) is 29.8 Å². The Morgan fingerprint density at radius 1 is 1.29 bits per heavy atom. The van der Waals surface area contributed by atoms with E-state index < -0.39 is 0 Å². The van der Waals surface area contributed by atoms with Gasteiger partial charge in [-0.15, -0.1) is 11.8 Å². The summed E-state index contributed by atoms with van der Waals surface area (Å²) in [5.41, 5.74) is 6.42. The summed E-state index contributed by atoms with van der Waals surface area (Å²) in [4.78, 5) is 25.3. The van der Waals surface area contributed by atoms with Crippen LogP contribution in [0, 0.1) is 5.92 Å². The number of rotatable bonds is 7. The number of amides is 2. The molecule has 2 unspecified atom stereocenters. The van der Waals surface area contributed by atoms with Crippen molar-refractivity contribution in [2.75, 3.05) is 12.3 Å². The van der Waals surface area contributed by atoms with E-state index in [1.54, 1.807) is 0 Å². The number of nitrogens with two attached hydrogens (primary N) is 1. The molecular weight excluding hydrogens is 322 g/mol. The van der Waals surface area contributed by atoms with Crippen LogP contribution in [0.2, 0.25) is 0 Å². The smallest absolute Gasteiger partial charge is 0.252 e. The van der Waals surface area contributed by atoms with Crippen molar-refractivity contribution in [2.45, 2.75) is 50.1 Å². The van der Waals surface area contributed by atoms with Crippen LogP contribution in [0.5, 0.6) is 0 Å². The number of hydrogen-bond acceptors (Lipinski definition) is 4. The van der Waals surface area contributed by atoms with E-state index in [-0.39, 0.29) is 23.9 Å². The van der Waals surface area contributed by atoms with Gasteiger partial charge in [0.15, 0.2) is 0 Å². The molecule has 0 spiro atoms. The SMILES string of the molecule is CC(C)NC(=O)CSc1ccccc1C(=O)NC1CCCC1CN. The van der Waals surface area contributed by atoms with E-state index in [0.717, 1.165) is 24.2 Å². The Balaban J connectivity index is 1.99. The molecule has 1 saturated carbocycles. The Kier molecular flexibility index (Phi) is 7.12. The lowest BCUT2D eigenvalue weighted by Crippen LogP contribution is -2.40. The van der Waals surface area contributed by atoms with E-state index in [2.05, 4.69) is 10.6 Å². The summed E-state index contributed by atoms with van der Waals surface area (Å²) in [6.07, 6.45) is 3.17. The minimum absolute atomic E-state index is 0.0239. The fourth-order valence-corrected chi connectivity index (χ4v) is 3.90. The standard InChI is InChI=1S/C18H27N3O2S/c1-12(2)20-17(22)11-24-16-9-4-3-7-14(16)18(23)21-15-8-5-6-13(15)10-19/h3-4,7,9,12-13,15H,5-6,8,10-11,19H2,1-2H3,(H,20,22)(H,21,23). The minimum Gasteiger partial charge on any atom is -0.353 e. The Hall–Kier alpha value is -1.53. The van der Waals surface area contributed by atoms with Crippen molar-refractivity contribution < 1.29 is 9.59 Å². The van der Waals surface area contributed by atoms with Crippen LogP contribution in [-0.2, 0) is 4.79 Å². The molecule has 2 amide bonds. The lowest BCUT2D eigenvalue weighted by molar-refractivity contribution is -0.119. The molecule has 6 heteroatoms. The third-order valence-corrected chi connectivity index (χ3v) is 5.29. The maximum Gasteiger partial charge on any atom is 0.252 e. The van der Waals surface area contributed by atoms with Crippen molar-refractivity contribution in [2.24, 2.45) is 11.7 Å². The van der Waals surface area contributed by atoms with E-state index in [0.29, 0.717) is 23.8 Å². The molecule has 1 aliphatic rings. The first kappa shape index (κ1) is 18.8. The second kappa shape index (κ2) is 9.08. The summed E-state index contributed by atoms with van der Waals surface area (Å²) in [6.45, 7) is 4.47. The molecule has 1 aromatic rings. The highest BCUT2D eigenvalue weighted by Crippen LogP contribution is 2.26. The molecule has 24 heavy (non-hydrogen) atoms. The zero-order chi connectivity index (χ0) is 17.5. The monoisotopic (exact) mass is 349 g/mol. The van der Waals surface area contributed by atoms with Gasteiger partial charge in [0, 0.05) is 17.0 Å². The average molecular weight is 350 g/mol. The largest absolute Gasteiger partial charge is 0.353 e. The molecule has 2 rings (SSSR count). The summed E-state index contributed by atoms with van der Waals surface area (Å²) in [7, 11) is 0. The first-order valence-corrected chi connectivity index (χ1v) is 9.52. The van der Waals surface area contributed by atoms with E-state index in [1.807, 2.05) is 38.1 Å². The van der Waals surface area contributed by atoms with Crippen LogP contribution in [0.3, 0.4) is 0 Å². The van der Waals surface area contributed by atoms with Gasteiger partial charge in [-0.25, -0.2) is 0 Å². The second-order valence-corrected chi connectivity index (χ2v) is 7.53. The van der Waals surface area contributed by atoms with Gasteiger partial charge in [0.2, 0.25) is 5.91 Å². The molecule has 0 aliphatic heterocycles. The van der Waals surface area contributed by atoms with Gasteiger partial charge in [0.05, 0.1) is 11.3 Å². The van der Waals surface area contributed by atoms with E-state index >= 15 is 0 Å². The van der Waals surface area contributed by atoms with Gasteiger partial charge in [0.25, 0.3) is 5.91 Å². The third kappa shape index (κ3) is 5.24. The molecule has 0 heterocycles. The van der Waals surface area contributed by atoms with Gasteiger partial charge >= 0.3 is 0 Å². The number of hydrogen-bond donors (Lipinski definition) is 3. The first-order valence-electron chi connectivity index (χ1n) is 8.53. The number of carbonyl (C=O) groups is 2. The maximum atomic E-state index is 12.6. The average Bonchev–Trinajstić information content (AvgIpc) is 2.99. The number of benzene rings is 1. The van der Waals surface area contributed by atoms with Gasteiger partial charge in [-0.1, -0.05) is 18.6 Å². The maximum absolute atomic E-state index is 12.6. The number of thioether (sulfide) groups is 1. The Morgan fingerprint density at radius 2 is 2.04 bits per heavy atom. The zero-order valence-electron chi connectivity index (χ0n) is 14.4. The van der Waals surface area contributed by atoms with Crippen molar-refractivity contribution in [1.29, 1.82) is 0 Å². The predicted octanol–water partition coefficient (Wildman–Crippen LogP) is 2.16. The quantitative estimate of drug-likeness (QED) is 0.659. The Morgan fingerprint density at radius 3 is 2.75 bits per heavy atom. The Labute approximate surface area is 148 Å². The highest BCUT2D eigenvalue weighted by molar-refractivity contribution is 8.00. The normalized spacial score (nSPS) is 20.2. The molecule has 132 valence electrons. The van der Waals surface area contributed by atoms with Gasteiger partial charge in [-0.05, 0) is 51.3 Å². The zero-order valence-corrected chi connectivity index (χ0v) is 15.2. The lowest BCUT2D eigenvalue weighted by Gasteiger charge is -2.20. The number of carbonyl (C=O) groups excluding carboxylic acids is 2. The van der Waals surface area contributed by atoms with Gasteiger partial charge in [0.1, 0.15) is 0 Å². The highest BCUT2D eigenvalue weighted by atomic mass is 32.2. The molecule has 1 fully saturated rings. The van der Waals surface area contributed by atoms with Crippen molar-refractivity contribution in [1.82, 2.24) is 10.6 Å². The summed E-state index contributed by atoms with van der Waals surface area (Å²) >= 11 is 1.39. The van der Waals surface area contributed by atoms with E-state index in [4.69, 9.17) is 5.73 Å². The van der Waals surface area contributed by atoms with Crippen LogP contribution in [0.1, 0.15) is 43.5 Å². The van der Waals surface area contributed by atoms with Crippen LogP contribution in [0.25, 0.3) is 0 Å². The predicted molar refractivity (Wildman–Crippen MR) is 98.1 cm³/mol. The van der Waals surface area contributed by atoms with Crippen LogP contribution in [0.15, 0.2) is 29.2 Å². The van der Waals surface area contributed by atoms with Crippen molar-refractivity contribution in [3.8, 4) is 0 Å². The molecule has 4 N–H and O–H groups in total. The molecular formula is C18H27N3O2S. The lowest BCUT2D eigenvalue weighted by atomic mass is 10.0. The van der Waals surface area contributed by atoms with Crippen LogP contribution < -0.4 is 16.4 Å². The first-order chi connectivity index (χ1) is 11.5. The number of nitrogens with one attached hydrogen (secondary N) is 2. The molecule has 1 aromatic carbocycles. The summed E-state index contributed by atoms with van der Waals surface area (Å²) < 4.78 is 0. The van der Waals surface area contributed by atoms with Crippen LogP contribution in [-0.4, -0.2) is 36.2 Å². The molecule has 0 saturated heterocycles. The molecule has 0 radical (unpaired) electrons. The second-order valence-electron chi connectivity index (χ2n) is 6.51. The van der Waals surface area contributed by atoms with Crippen LogP contribution in [0.4, 0.5) is 0 Å². The summed E-state index contributed by atoms with van der Waals surface area (Å²) in [6, 6.07) is 7.71. The fraction of sp³-hybridized carbons (Fsp3) is 0.556. The van der Waals surface area contributed by atoms with E-state index in [9.17, 15) is 9.59 Å². The minimum atomic E-state index is -0.0762. The molecule has 2 atom stereocenters. The highest BCUT2D eigenvalue weighted by Gasteiger charge is 2.28. The van der Waals surface area contributed by atoms with E-state index in [1.165, 1.54) is 11.8 Å². The van der Waals surface area contributed by atoms with Crippen LogP contribution >= 0.6 is 11.8 Å². The van der Waals surface area contributed by atoms with Crippen molar-refractivity contribution >= 4 is 23.6 Å². The topological polar surface area (TPSA) is 84.2 Å². The third-order valence-electron chi connectivity index (χ3n) is 4.22. The van der Waals surface area contributed by atoms with Gasteiger partial charge in [-0.2, -0.15) is 0 Å². The molecule has 1 aliphatic carbocycles. The molecule has 5 nitrogen and oxygen atoms in total. The van der Waals surface area contributed by atoms with Crippen molar-refractivity contribution in [3.63, 3.8) is 0 Å².